The summed E-state index contributed by atoms with van der Waals surface area (Å²) in [5, 5.41) is 8.91. The molecular weight excluding hydrogens is 316 g/mol. The normalized spacial score (nSPS) is 12.8. The number of carbonyl (C=O) groups is 1. The van der Waals surface area contributed by atoms with Crippen LogP contribution in [0.4, 0.5) is 0 Å². The van der Waals surface area contributed by atoms with Crippen LogP contribution in [0.25, 0.3) is 0 Å². The summed E-state index contributed by atoms with van der Waals surface area (Å²) >= 11 is 6.01. The van der Waals surface area contributed by atoms with E-state index in [-0.39, 0.29) is 27.6 Å². The number of nitrogens with zero attached hydrogens (tertiary/aromatic N) is 1. The first-order valence-electron chi connectivity index (χ1n) is 5.81. The lowest BCUT2D eigenvalue weighted by Gasteiger charge is -2.10. The van der Waals surface area contributed by atoms with Gasteiger partial charge in [-0.3, -0.25) is 4.99 Å². The highest BCUT2D eigenvalue weighted by molar-refractivity contribution is 7.90. The van der Waals surface area contributed by atoms with Crippen LogP contribution >= 0.6 is 11.6 Å². The molecule has 0 unspecified atom stereocenters. The van der Waals surface area contributed by atoms with Crippen LogP contribution in [0.5, 0.6) is 0 Å². The summed E-state index contributed by atoms with van der Waals surface area (Å²) in [4.78, 5) is 15.1. The number of sulfone groups is 1. The number of hydrogen-bond acceptors (Lipinski definition) is 5. The topological polar surface area (TPSA) is 110 Å². The van der Waals surface area contributed by atoms with Crippen LogP contribution in [0.15, 0.2) is 33.8 Å². The number of allylic oxidation sites excluding steroid dienone is 1. The maximum absolute atomic E-state index is 11.8. The van der Waals surface area contributed by atoms with E-state index in [1.54, 1.807) is 6.92 Å². The molecule has 0 heterocycles. The molecule has 1 aromatic carbocycles. The molecule has 114 valence electrons. The molecule has 21 heavy (non-hydrogen) atoms. The molecule has 6 nitrogen and oxygen atoms in total. The van der Waals surface area contributed by atoms with Gasteiger partial charge in [0.15, 0.2) is 9.84 Å². The summed E-state index contributed by atoms with van der Waals surface area (Å²) in [6, 6.07) is 2.39. The second kappa shape index (κ2) is 6.73. The molecule has 0 amide bonds. The molecule has 0 fully saturated rings. The van der Waals surface area contributed by atoms with Crippen molar-refractivity contribution >= 4 is 33.6 Å². The predicted molar refractivity (Wildman–Crippen MR) is 81.7 cm³/mol. The zero-order valence-electron chi connectivity index (χ0n) is 11.5. The van der Waals surface area contributed by atoms with E-state index in [4.69, 9.17) is 22.4 Å². The summed E-state index contributed by atoms with van der Waals surface area (Å²) in [5.74, 6) is -1.23. The molecule has 0 saturated carbocycles. The second-order valence-electron chi connectivity index (χ2n) is 4.36. The Labute approximate surface area is 127 Å². The number of benzene rings is 1. The Kier molecular flexibility index (Phi) is 5.51. The first-order chi connectivity index (χ1) is 9.68. The fourth-order valence-corrected chi connectivity index (χ4v) is 2.88. The molecule has 0 radical (unpaired) electrons. The van der Waals surface area contributed by atoms with Gasteiger partial charge in [0, 0.05) is 18.0 Å². The first kappa shape index (κ1) is 17.2. The molecule has 0 bridgehead atoms. The van der Waals surface area contributed by atoms with E-state index in [1.165, 1.54) is 24.5 Å². The van der Waals surface area contributed by atoms with Gasteiger partial charge >= 0.3 is 5.97 Å². The van der Waals surface area contributed by atoms with Crippen LogP contribution < -0.4 is 5.73 Å². The van der Waals surface area contributed by atoms with Gasteiger partial charge in [-0.05, 0) is 30.8 Å². The van der Waals surface area contributed by atoms with Gasteiger partial charge in [-0.25, -0.2) is 13.2 Å². The van der Waals surface area contributed by atoms with Gasteiger partial charge in [0.05, 0.1) is 22.0 Å². The van der Waals surface area contributed by atoms with Crippen LogP contribution in [0, 0.1) is 0 Å². The lowest BCUT2D eigenvalue weighted by Crippen LogP contribution is -2.07. The average Bonchev–Trinajstić information content (AvgIpc) is 2.38. The number of aliphatic imine (C=N–C) groups is 1. The SMILES string of the molecule is CC(C=NCc1c(S(C)(=O)=O)ccc(C(=O)O)c1Cl)=CN. The summed E-state index contributed by atoms with van der Waals surface area (Å²) < 4.78 is 23.5. The summed E-state index contributed by atoms with van der Waals surface area (Å²) in [6.45, 7) is 1.66. The van der Waals surface area contributed by atoms with E-state index in [9.17, 15) is 13.2 Å². The van der Waals surface area contributed by atoms with Crippen molar-refractivity contribution in [2.75, 3.05) is 6.26 Å². The Morgan fingerprint density at radius 2 is 2.10 bits per heavy atom. The largest absolute Gasteiger partial charge is 0.478 e. The Bertz CT molecular complexity index is 724. The standard InChI is InChI=1S/C13H15ClN2O4S/c1-8(5-15)6-16-7-10-11(21(2,19)20)4-3-9(12(10)14)13(17)18/h3-6H,7,15H2,1-2H3,(H,17,18). The molecule has 1 rings (SSSR count). The van der Waals surface area contributed by atoms with Crippen molar-refractivity contribution in [3.05, 3.63) is 40.1 Å². The third-order valence-electron chi connectivity index (χ3n) is 2.64. The summed E-state index contributed by atoms with van der Waals surface area (Å²) in [5.41, 5.74) is 5.96. The minimum Gasteiger partial charge on any atom is -0.478 e. The van der Waals surface area contributed by atoms with Crippen molar-refractivity contribution in [3.63, 3.8) is 0 Å². The third kappa shape index (κ3) is 4.30. The van der Waals surface area contributed by atoms with Gasteiger partial charge in [0.1, 0.15) is 0 Å². The van der Waals surface area contributed by atoms with E-state index in [1.807, 2.05) is 0 Å². The molecule has 0 aromatic heterocycles. The van der Waals surface area contributed by atoms with Gasteiger partial charge in [-0.15, -0.1) is 0 Å². The quantitative estimate of drug-likeness (QED) is 0.801. The number of halogens is 1. The zero-order chi connectivity index (χ0) is 16.2. The smallest absolute Gasteiger partial charge is 0.337 e. The molecule has 0 saturated heterocycles. The number of hydrogen-bond donors (Lipinski definition) is 2. The van der Waals surface area contributed by atoms with Crippen LogP contribution in [0.2, 0.25) is 5.02 Å². The maximum Gasteiger partial charge on any atom is 0.337 e. The van der Waals surface area contributed by atoms with Gasteiger partial charge in [-0.1, -0.05) is 11.6 Å². The van der Waals surface area contributed by atoms with Crippen molar-refractivity contribution in [1.82, 2.24) is 0 Å². The molecule has 1 aromatic rings. The highest BCUT2D eigenvalue weighted by Crippen LogP contribution is 2.28. The maximum atomic E-state index is 11.8. The van der Waals surface area contributed by atoms with Crippen LogP contribution in [0.1, 0.15) is 22.8 Å². The zero-order valence-corrected chi connectivity index (χ0v) is 13.1. The predicted octanol–water partition coefficient (Wildman–Crippen LogP) is 1.88. The first-order valence-corrected chi connectivity index (χ1v) is 8.08. The molecule has 3 N–H and O–H groups in total. The van der Waals surface area contributed by atoms with Gasteiger partial charge in [-0.2, -0.15) is 0 Å². The third-order valence-corrected chi connectivity index (χ3v) is 4.25. The minimum atomic E-state index is -3.55. The van der Waals surface area contributed by atoms with E-state index in [0.717, 1.165) is 6.26 Å². The molecular formula is C13H15ClN2O4S. The average molecular weight is 331 g/mol. The van der Waals surface area contributed by atoms with E-state index >= 15 is 0 Å². The monoisotopic (exact) mass is 330 g/mol. The van der Waals surface area contributed by atoms with E-state index < -0.39 is 15.8 Å². The molecule has 0 aliphatic carbocycles. The fourth-order valence-electron chi connectivity index (χ4n) is 1.59. The number of carboxylic acid groups (broad SMARTS) is 1. The molecule has 0 spiro atoms. The van der Waals surface area contributed by atoms with Crippen molar-refractivity contribution in [2.45, 2.75) is 18.4 Å². The van der Waals surface area contributed by atoms with Crippen molar-refractivity contribution in [2.24, 2.45) is 10.7 Å². The number of rotatable bonds is 5. The number of carboxylic acids is 1. The number of aromatic carboxylic acids is 1. The van der Waals surface area contributed by atoms with Crippen molar-refractivity contribution in [1.29, 1.82) is 0 Å². The minimum absolute atomic E-state index is 0.0379. The second-order valence-corrected chi connectivity index (χ2v) is 6.72. The van der Waals surface area contributed by atoms with Gasteiger partial charge in [0.2, 0.25) is 0 Å². The molecule has 0 atom stereocenters. The Balaban J connectivity index is 3.40. The molecule has 8 heteroatoms. The summed E-state index contributed by atoms with van der Waals surface area (Å²) in [6.07, 6.45) is 3.82. The van der Waals surface area contributed by atoms with E-state index in [0.29, 0.717) is 5.57 Å². The lowest BCUT2D eigenvalue weighted by molar-refractivity contribution is 0.0697. The van der Waals surface area contributed by atoms with Crippen molar-refractivity contribution in [3.8, 4) is 0 Å². The van der Waals surface area contributed by atoms with Gasteiger partial charge in [0.25, 0.3) is 0 Å². The highest BCUT2D eigenvalue weighted by Gasteiger charge is 2.20. The Hall–Kier alpha value is -1.86. The Morgan fingerprint density at radius 3 is 2.57 bits per heavy atom. The van der Waals surface area contributed by atoms with Gasteiger partial charge < -0.3 is 10.8 Å². The summed E-state index contributed by atoms with van der Waals surface area (Å²) in [7, 11) is -3.55. The van der Waals surface area contributed by atoms with Crippen LogP contribution in [-0.2, 0) is 16.4 Å². The number of nitrogens with two attached hydrogens (primary N) is 1. The van der Waals surface area contributed by atoms with Crippen molar-refractivity contribution < 1.29 is 18.3 Å². The van der Waals surface area contributed by atoms with Crippen LogP contribution in [-0.4, -0.2) is 32.0 Å². The lowest BCUT2D eigenvalue weighted by atomic mass is 10.1. The van der Waals surface area contributed by atoms with E-state index in [2.05, 4.69) is 4.99 Å². The fraction of sp³-hybridized carbons (Fsp3) is 0.231. The Morgan fingerprint density at radius 1 is 1.48 bits per heavy atom. The van der Waals surface area contributed by atoms with Crippen LogP contribution in [0.3, 0.4) is 0 Å². The molecule has 0 aliphatic rings. The highest BCUT2D eigenvalue weighted by atomic mass is 35.5. The molecule has 0 aliphatic heterocycles.